The van der Waals surface area contributed by atoms with Gasteiger partial charge >= 0.3 is 0 Å². The molecule has 3 N–H and O–H groups in total. The third-order valence-corrected chi connectivity index (χ3v) is 4.16. The molecule has 0 atom stereocenters. The quantitative estimate of drug-likeness (QED) is 0.327. The molecule has 0 bridgehead atoms. The van der Waals surface area contributed by atoms with E-state index in [4.69, 9.17) is 35.4 Å². The number of H-pyrrole nitrogens is 1. The molecule has 0 aliphatic carbocycles. The zero-order chi connectivity index (χ0) is 18.4. The molecular weight excluding hydrogens is 393 g/mol. The second-order valence-corrected chi connectivity index (χ2v) is 6.15. The first-order valence-electron chi connectivity index (χ1n) is 7.40. The van der Waals surface area contributed by atoms with Crippen LogP contribution in [0.3, 0.4) is 0 Å². The van der Waals surface area contributed by atoms with Crippen LogP contribution < -0.4 is 11.0 Å². The molecule has 0 aliphatic heterocycles. The minimum absolute atomic E-state index is 0.313. The van der Waals surface area contributed by atoms with Gasteiger partial charge in [0.05, 0.1) is 12.4 Å². The third-order valence-electron chi connectivity index (χ3n) is 3.21. The Morgan fingerprint density at radius 3 is 2.27 bits per heavy atom. The van der Waals surface area contributed by atoms with E-state index in [1.807, 2.05) is 36.4 Å². The summed E-state index contributed by atoms with van der Waals surface area (Å²) in [6.45, 7) is 0. The summed E-state index contributed by atoms with van der Waals surface area (Å²) in [6.07, 6.45) is 3.17. The van der Waals surface area contributed by atoms with Gasteiger partial charge < -0.3 is 0 Å². The Hall–Kier alpha value is -2.68. The molecule has 3 rings (SSSR count). The van der Waals surface area contributed by atoms with Crippen molar-refractivity contribution in [1.82, 2.24) is 20.4 Å². The largest absolute Gasteiger partial charge is 0.264 e. The number of nitrogens with one attached hydrogen (secondary N) is 3. The van der Waals surface area contributed by atoms with Gasteiger partial charge in [0.2, 0.25) is 4.77 Å². The van der Waals surface area contributed by atoms with Gasteiger partial charge in [0.25, 0.3) is 5.95 Å². The number of rotatable bonds is 6. The fourth-order valence-corrected chi connectivity index (χ4v) is 2.49. The van der Waals surface area contributed by atoms with Gasteiger partial charge in [-0.2, -0.15) is 14.9 Å². The Bertz CT molecular complexity index is 1010. The molecule has 1 heterocycles. The van der Waals surface area contributed by atoms with Crippen molar-refractivity contribution >= 4 is 53.8 Å². The number of hydrogen-bond donors (Lipinski definition) is 3. The van der Waals surface area contributed by atoms with E-state index >= 15 is 0 Å². The van der Waals surface area contributed by atoms with Gasteiger partial charge in [-0.1, -0.05) is 59.6 Å². The van der Waals surface area contributed by atoms with E-state index in [1.165, 1.54) is 4.68 Å². The fourth-order valence-electron chi connectivity index (χ4n) is 1.94. The molecule has 0 saturated carbocycles. The van der Waals surface area contributed by atoms with E-state index in [-0.39, 0.29) is 0 Å². The zero-order valence-corrected chi connectivity index (χ0v) is 15.6. The molecule has 1 aromatic heterocycles. The molecular formula is C16H13Cl2N7S. The Morgan fingerprint density at radius 1 is 1.00 bits per heavy atom. The summed E-state index contributed by atoms with van der Waals surface area (Å²) in [6, 6.07) is 14.7. The number of benzene rings is 2. The molecule has 0 aliphatic rings. The second-order valence-electron chi connectivity index (χ2n) is 4.95. The fraction of sp³-hybridized carbons (Fsp3) is 0. The summed E-state index contributed by atoms with van der Waals surface area (Å²) in [5.74, 6) is 0.328. The van der Waals surface area contributed by atoms with Crippen molar-refractivity contribution < 1.29 is 0 Å². The van der Waals surface area contributed by atoms with Crippen LogP contribution in [0.4, 0.5) is 5.95 Å². The van der Waals surface area contributed by atoms with Crippen LogP contribution in [-0.4, -0.2) is 27.3 Å². The Kier molecular flexibility index (Phi) is 6.00. The highest BCUT2D eigenvalue weighted by Crippen LogP contribution is 2.13. The standard InChI is InChI=1S/C16H13Cl2N7S/c17-13-7-3-1-5-11(13)9-19-24-22-15-21-23-16(26)25(15)20-10-12-6-2-4-8-14(12)18/h1-10,24H,(H,21,22)(H,23,26). The van der Waals surface area contributed by atoms with Crippen molar-refractivity contribution in [2.75, 3.05) is 5.43 Å². The van der Waals surface area contributed by atoms with E-state index in [0.717, 1.165) is 11.1 Å². The molecule has 7 nitrogen and oxygen atoms in total. The van der Waals surface area contributed by atoms with Crippen LogP contribution in [0.15, 0.2) is 58.7 Å². The molecule has 26 heavy (non-hydrogen) atoms. The SMILES string of the molecule is S=c1[nH]nc(NNN=Cc2ccccc2Cl)n1N=Cc1ccccc1Cl. The van der Waals surface area contributed by atoms with E-state index in [0.29, 0.717) is 20.8 Å². The summed E-state index contributed by atoms with van der Waals surface area (Å²) in [5.41, 5.74) is 6.98. The lowest BCUT2D eigenvalue weighted by molar-refractivity contribution is 0.803. The lowest BCUT2D eigenvalue weighted by Gasteiger charge is -2.04. The van der Waals surface area contributed by atoms with Crippen LogP contribution in [0.2, 0.25) is 10.0 Å². The average molecular weight is 406 g/mol. The van der Waals surface area contributed by atoms with Crippen LogP contribution in [-0.2, 0) is 0 Å². The summed E-state index contributed by atoms with van der Waals surface area (Å²) in [4.78, 5) is 0. The molecule has 3 aromatic rings. The third kappa shape index (κ3) is 4.48. The van der Waals surface area contributed by atoms with Crippen molar-refractivity contribution in [3.63, 3.8) is 0 Å². The van der Waals surface area contributed by atoms with Crippen molar-refractivity contribution in [3.8, 4) is 0 Å². The smallest absolute Gasteiger partial charge is 0.251 e. The van der Waals surface area contributed by atoms with Gasteiger partial charge in [-0.15, -0.1) is 5.10 Å². The van der Waals surface area contributed by atoms with Crippen molar-refractivity contribution in [2.45, 2.75) is 0 Å². The summed E-state index contributed by atoms with van der Waals surface area (Å²) < 4.78 is 1.71. The first-order chi connectivity index (χ1) is 12.6. The molecule has 132 valence electrons. The van der Waals surface area contributed by atoms with Crippen molar-refractivity contribution in [3.05, 3.63) is 74.5 Å². The van der Waals surface area contributed by atoms with Crippen LogP contribution in [0.25, 0.3) is 0 Å². The molecule has 0 spiro atoms. The van der Waals surface area contributed by atoms with Crippen molar-refractivity contribution in [2.24, 2.45) is 10.2 Å². The Morgan fingerprint density at radius 2 is 1.62 bits per heavy atom. The predicted molar refractivity (Wildman–Crippen MR) is 108 cm³/mol. The molecule has 0 saturated heterocycles. The number of halogens is 2. The van der Waals surface area contributed by atoms with Gasteiger partial charge in [-0.3, -0.25) is 5.43 Å². The number of aromatic nitrogens is 3. The monoisotopic (exact) mass is 405 g/mol. The summed E-state index contributed by atoms with van der Waals surface area (Å²) in [5, 5.41) is 16.2. The lowest BCUT2D eigenvalue weighted by Crippen LogP contribution is -2.18. The summed E-state index contributed by atoms with van der Waals surface area (Å²) >= 11 is 17.3. The number of anilines is 1. The maximum Gasteiger partial charge on any atom is 0.264 e. The van der Waals surface area contributed by atoms with E-state index in [9.17, 15) is 0 Å². The van der Waals surface area contributed by atoms with Crippen LogP contribution in [0.5, 0.6) is 0 Å². The minimum Gasteiger partial charge on any atom is -0.251 e. The van der Waals surface area contributed by atoms with Gasteiger partial charge in [0, 0.05) is 21.2 Å². The molecule has 0 radical (unpaired) electrons. The van der Waals surface area contributed by atoms with Gasteiger partial charge in [0.1, 0.15) is 0 Å². The zero-order valence-electron chi connectivity index (χ0n) is 13.2. The van der Waals surface area contributed by atoms with Crippen LogP contribution >= 0.6 is 35.4 Å². The predicted octanol–water partition coefficient (Wildman–Crippen LogP) is 4.08. The molecule has 0 fully saturated rings. The first kappa shape index (κ1) is 18.1. The number of nitrogens with zero attached hydrogens (tertiary/aromatic N) is 4. The number of hydrazone groups is 1. The topological polar surface area (TPSA) is 82.4 Å². The maximum absolute atomic E-state index is 6.11. The van der Waals surface area contributed by atoms with Gasteiger partial charge in [-0.25, -0.2) is 10.6 Å². The lowest BCUT2D eigenvalue weighted by atomic mass is 10.2. The molecule has 0 unspecified atom stereocenters. The normalized spacial score (nSPS) is 11.3. The van der Waals surface area contributed by atoms with Crippen molar-refractivity contribution in [1.29, 1.82) is 0 Å². The van der Waals surface area contributed by atoms with Crippen LogP contribution in [0, 0.1) is 4.77 Å². The molecule has 0 amide bonds. The summed E-state index contributed by atoms with van der Waals surface area (Å²) in [7, 11) is 0. The number of hydrazine groups is 1. The molecule has 10 heteroatoms. The average Bonchev–Trinajstić information content (AvgIpc) is 2.99. The van der Waals surface area contributed by atoms with E-state index < -0.39 is 0 Å². The first-order valence-corrected chi connectivity index (χ1v) is 8.56. The Balaban J connectivity index is 1.69. The van der Waals surface area contributed by atoms with E-state index in [2.05, 4.69) is 31.4 Å². The Labute approximate surface area is 164 Å². The highest BCUT2D eigenvalue weighted by atomic mass is 35.5. The maximum atomic E-state index is 6.11. The number of aromatic amines is 1. The minimum atomic E-state index is 0.313. The van der Waals surface area contributed by atoms with Crippen LogP contribution in [0.1, 0.15) is 11.1 Å². The van der Waals surface area contributed by atoms with Gasteiger partial charge in [-0.05, 0) is 24.4 Å². The number of hydrogen-bond acceptors (Lipinski definition) is 6. The molecule has 2 aromatic carbocycles. The van der Waals surface area contributed by atoms with E-state index in [1.54, 1.807) is 24.6 Å². The highest BCUT2D eigenvalue weighted by molar-refractivity contribution is 7.71. The highest BCUT2D eigenvalue weighted by Gasteiger charge is 2.04. The van der Waals surface area contributed by atoms with Gasteiger partial charge in [0.15, 0.2) is 0 Å². The second kappa shape index (κ2) is 8.61.